The van der Waals surface area contributed by atoms with Gasteiger partial charge in [0.2, 0.25) is 11.8 Å². The van der Waals surface area contributed by atoms with E-state index in [0.29, 0.717) is 13.1 Å². The van der Waals surface area contributed by atoms with E-state index in [0.717, 1.165) is 27.4 Å². The van der Waals surface area contributed by atoms with Gasteiger partial charge >= 0.3 is 0 Å². The molecule has 0 radical (unpaired) electrons. The molecule has 0 fully saturated rings. The minimum Gasteiger partial charge on any atom is -0.496 e. The van der Waals surface area contributed by atoms with E-state index in [1.54, 1.807) is 18.4 Å². The van der Waals surface area contributed by atoms with Crippen molar-refractivity contribution in [3.8, 4) is 5.75 Å². The maximum absolute atomic E-state index is 13.3. The highest BCUT2D eigenvalue weighted by Crippen LogP contribution is 2.24. The second-order valence-corrected chi connectivity index (χ2v) is 9.81. The second kappa shape index (κ2) is 11.7. The van der Waals surface area contributed by atoms with Gasteiger partial charge in [0.15, 0.2) is 0 Å². The number of methoxy groups -OCH3 is 1. The van der Waals surface area contributed by atoms with Crippen molar-refractivity contribution in [1.29, 1.82) is 0 Å². The largest absolute Gasteiger partial charge is 0.496 e. The van der Waals surface area contributed by atoms with Crippen molar-refractivity contribution < 1.29 is 14.3 Å². The Balaban J connectivity index is 1.63. The predicted octanol–water partition coefficient (Wildman–Crippen LogP) is 5.35. The van der Waals surface area contributed by atoms with E-state index in [1.165, 1.54) is 11.8 Å². The number of nitrogens with zero attached hydrogens (tertiary/aromatic N) is 1. The molecular formula is C25H28N2O3S2. The lowest BCUT2D eigenvalue weighted by Gasteiger charge is -2.26. The summed E-state index contributed by atoms with van der Waals surface area (Å²) in [5.74, 6) is 0.849. The molecule has 1 aromatic heterocycles. The van der Waals surface area contributed by atoms with Crippen LogP contribution in [0.5, 0.6) is 5.75 Å². The lowest BCUT2D eigenvalue weighted by atomic mass is 10.1. The number of para-hydroxylation sites is 1. The molecule has 1 atom stereocenters. The Labute approximate surface area is 197 Å². The summed E-state index contributed by atoms with van der Waals surface area (Å²) in [4.78, 5) is 28.6. The number of carbonyl (C=O) groups is 2. The summed E-state index contributed by atoms with van der Waals surface area (Å²) in [6.07, 6.45) is 0. The van der Waals surface area contributed by atoms with E-state index in [2.05, 4.69) is 5.32 Å². The summed E-state index contributed by atoms with van der Waals surface area (Å²) in [7, 11) is 1.63. The van der Waals surface area contributed by atoms with Gasteiger partial charge in [-0.25, -0.2) is 0 Å². The molecule has 0 saturated carbocycles. The molecule has 0 saturated heterocycles. The predicted molar refractivity (Wildman–Crippen MR) is 133 cm³/mol. The Kier molecular flexibility index (Phi) is 8.76. The SMILES string of the molecule is COc1ccccc1CN(Cc1cccs1)C(=O)C(C)SCC(=O)Nc1ccc(C)cc1. The summed E-state index contributed by atoms with van der Waals surface area (Å²) in [6.45, 7) is 4.83. The minimum absolute atomic E-state index is 0.00237. The molecule has 1 heterocycles. The fourth-order valence-electron chi connectivity index (χ4n) is 3.20. The van der Waals surface area contributed by atoms with Crippen LogP contribution in [0.3, 0.4) is 0 Å². The fraction of sp³-hybridized carbons (Fsp3) is 0.280. The normalized spacial score (nSPS) is 11.6. The van der Waals surface area contributed by atoms with Crippen LogP contribution in [0.15, 0.2) is 66.0 Å². The summed E-state index contributed by atoms with van der Waals surface area (Å²) in [6, 6.07) is 19.4. The van der Waals surface area contributed by atoms with Crippen LogP contribution in [-0.4, -0.2) is 34.8 Å². The van der Waals surface area contributed by atoms with Crippen molar-refractivity contribution in [1.82, 2.24) is 4.90 Å². The third-order valence-corrected chi connectivity index (χ3v) is 6.93. The summed E-state index contributed by atoms with van der Waals surface area (Å²) >= 11 is 2.97. The van der Waals surface area contributed by atoms with Crippen molar-refractivity contribution in [2.24, 2.45) is 0 Å². The van der Waals surface area contributed by atoms with Crippen molar-refractivity contribution in [3.05, 3.63) is 82.0 Å². The monoisotopic (exact) mass is 468 g/mol. The molecule has 1 N–H and O–H groups in total. The summed E-state index contributed by atoms with van der Waals surface area (Å²) in [5, 5.41) is 4.54. The molecule has 3 aromatic rings. The third-order valence-electron chi connectivity index (χ3n) is 4.94. The first-order valence-corrected chi connectivity index (χ1v) is 12.3. The van der Waals surface area contributed by atoms with E-state index in [4.69, 9.17) is 4.74 Å². The van der Waals surface area contributed by atoms with Gasteiger partial charge in [-0.1, -0.05) is 42.0 Å². The zero-order valence-corrected chi connectivity index (χ0v) is 20.2. The number of carbonyl (C=O) groups excluding carboxylic acids is 2. The number of benzene rings is 2. The molecule has 2 amide bonds. The lowest BCUT2D eigenvalue weighted by Crippen LogP contribution is -2.36. The smallest absolute Gasteiger partial charge is 0.236 e. The zero-order chi connectivity index (χ0) is 22.9. The Hall–Kier alpha value is -2.77. The van der Waals surface area contributed by atoms with E-state index < -0.39 is 0 Å². The molecule has 0 aliphatic heterocycles. The lowest BCUT2D eigenvalue weighted by molar-refractivity contribution is -0.131. The second-order valence-electron chi connectivity index (χ2n) is 7.45. The molecule has 32 heavy (non-hydrogen) atoms. The number of ether oxygens (including phenoxy) is 1. The molecule has 0 bridgehead atoms. The van der Waals surface area contributed by atoms with Crippen molar-refractivity contribution >= 4 is 40.6 Å². The number of anilines is 1. The van der Waals surface area contributed by atoms with Gasteiger partial charge in [0.25, 0.3) is 0 Å². The number of aryl methyl sites for hydroxylation is 1. The number of thioether (sulfide) groups is 1. The zero-order valence-electron chi connectivity index (χ0n) is 18.5. The van der Waals surface area contributed by atoms with Crippen molar-refractivity contribution in [2.45, 2.75) is 32.2 Å². The Morgan fingerprint density at radius 1 is 1.06 bits per heavy atom. The number of nitrogens with one attached hydrogen (secondary N) is 1. The number of rotatable bonds is 10. The first-order valence-electron chi connectivity index (χ1n) is 10.4. The molecule has 0 spiro atoms. The molecule has 3 rings (SSSR count). The van der Waals surface area contributed by atoms with Gasteiger partial charge in [0, 0.05) is 22.7 Å². The highest BCUT2D eigenvalue weighted by molar-refractivity contribution is 8.01. The maximum atomic E-state index is 13.3. The maximum Gasteiger partial charge on any atom is 0.236 e. The van der Waals surface area contributed by atoms with Gasteiger partial charge in [-0.15, -0.1) is 23.1 Å². The fourth-order valence-corrected chi connectivity index (χ4v) is 4.69. The van der Waals surface area contributed by atoms with E-state index in [-0.39, 0.29) is 22.8 Å². The molecule has 5 nitrogen and oxygen atoms in total. The third kappa shape index (κ3) is 6.87. The topological polar surface area (TPSA) is 58.6 Å². The molecule has 1 unspecified atom stereocenters. The highest BCUT2D eigenvalue weighted by atomic mass is 32.2. The van der Waals surface area contributed by atoms with Crippen LogP contribution in [0, 0.1) is 6.92 Å². The number of hydrogen-bond donors (Lipinski definition) is 1. The van der Waals surface area contributed by atoms with Gasteiger partial charge in [0.1, 0.15) is 5.75 Å². The van der Waals surface area contributed by atoms with Crippen LogP contribution >= 0.6 is 23.1 Å². The van der Waals surface area contributed by atoms with Crippen LogP contribution in [-0.2, 0) is 22.7 Å². The van der Waals surface area contributed by atoms with Crippen LogP contribution < -0.4 is 10.1 Å². The molecule has 0 aliphatic rings. The van der Waals surface area contributed by atoms with Gasteiger partial charge in [-0.05, 0) is 43.5 Å². The molecule has 7 heteroatoms. The van der Waals surface area contributed by atoms with Gasteiger partial charge < -0.3 is 15.0 Å². The number of thiophene rings is 1. The van der Waals surface area contributed by atoms with Crippen LogP contribution in [0.2, 0.25) is 0 Å². The highest BCUT2D eigenvalue weighted by Gasteiger charge is 2.23. The molecule has 168 valence electrons. The van der Waals surface area contributed by atoms with Crippen molar-refractivity contribution in [2.75, 3.05) is 18.2 Å². The number of hydrogen-bond acceptors (Lipinski definition) is 5. The first kappa shape index (κ1) is 23.9. The first-order chi connectivity index (χ1) is 15.5. The Bertz CT molecular complexity index is 1020. The minimum atomic E-state index is -0.353. The Morgan fingerprint density at radius 2 is 1.81 bits per heavy atom. The van der Waals surface area contributed by atoms with Crippen LogP contribution in [0.4, 0.5) is 5.69 Å². The molecule has 0 aliphatic carbocycles. The van der Waals surface area contributed by atoms with Gasteiger partial charge in [-0.3, -0.25) is 9.59 Å². The van der Waals surface area contributed by atoms with Crippen LogP contribution in [0.25, 0.3) is 0 Å². The van der Waals surface area contributed by atoms with Crippen molar-refractivity contribution in [3.63, 3.8) is 0 Å². The van der Waals surface area contributed by atoms with E-state index >= 15 is 0 Å². The average Bonchev–Trinajstić information content (AvgIpc) is 3.31. The Morgan fingerprint density at radius 3 is 2.50 bits per heavy atom. The van der Waals surface area contributed by atoms with E-state index in [1.807, 2.05) is 84.8 Å². The summed E-state index contributed by atoms with van der Waals surface area (Å²) < 4.78 is 5.47. The van der Waals surface area contributed by atoms with Gasteiger partial charge in [0.05, 0.1) is 24.7 Å². The molecular weight excluding hydrogens is 440 g/mol. The van der Waals surface area contributed by atoms with E-state index in [9.17, 15) is 9.59 Å². The average molecular weight is 469 g/mol. The molecule has 2 aromatic carbocycles. The summed E-state index contributed by atoms with van der Waals surface area (Å²) in [5.41, 5.74) is 2.85. The standard InChI is InChI=1S/C25H28N2O3S2/c1-18-10-12-21(13-11-18)26-24(28)17-32-19(2)25(29)27(16-22-8-6-14-31-22)15-20-7-4-5-9-23(20)30-3/h4-14,19H,15-17H2,1-3H3,(H,26,28). The number of amides is 2. The van der Waals surface area contributed by atoms with Gasteiger partial charge in [-0.2, -0.15) is 0 Å². The quantitative estimate of drug-likeness (QED) is 0.436. The van der Waals surface area contributed by atoms with Crippen LogP contribution in [0.1, 0.15) is 22.9 Å².